The first kappa shape index (κ1) is 18.0. The van der Waals surface area contributed by atoms with Crippen LogP contribution in [0.5, 0.6) is 0 Å². The van der Waals surface area contributed by atoms with E-state index < -0.39 is 22.9 Å². The van der Waals surface area contributed by atoms with Gasteiger partial charge in [0.05, 0.1) is 10.2 Å². The van der Waals surface area contributed by atoms with Gasteiger partial charge in [-0.05, 0) is 47.8 Å². The van der Waals surface area contributed by atoms with Gasteiger partial charge in [-0.25, -0.2) is 13.6 Å². The molecule has 5 nitrogen and oxygen atoms in total. The highest BCUT2D eigenvalue weighted by Gasteiger charge is 2.55. The van der Waals surface area contributed by atoms with E-state index in [9.17, 15) is 13.6 Å². The van der Waals surface area contributed by atoms with Gasteiger partial charge in [-0.1, -0.05) is 6.92 Å². The van der Waals surface area contributed by atoms with Gasteiger partial charge in [0.15, 0.2) is 5.69 Å². The fraction of sp³-hybridized carbons (Fsp3) is 0.750. The lowest BCUT2D eigenvalue weighted by atomic mass is 9.67. The van der Waals surface area contributed by atoms with E-state index in [1.54, 1.807) is 25.6 Å². The number of hydrogen-bond acceptors (Lipinski definition) is 4. The van der Waals surface area contributed by atoms with Gasteiger partial charge in [-0.15, -0.1) is 0 Å². The number of halogens is 3. The Hall–Kier alpha value is -0.770. The van der Waals surface area contributed by atoms with Gasteiger partial charge < -0.3 is 9.47 Å². The summed E-state index contributed by atoms with van der Waals surface area (Å²) in [5.41, 5.74) is 0.0320. The van der Waals surface area contributed by atoms with Crippen LogP contribution in [0.2, 0.25) is 0 Å². The number of esters is 1. The zero-order valence-electron chi connectivity index (χ0n) is 14.0. The molecule has 0 atom stereocenters. The van der Waals surface area contributed by atoms with Crippen molar-refractivity contribution in [2.75, 3.05) is 13.7 Å². The molecule has 0 unspecified atom stereocenters. The first-order valence-corrected chi connectivity index (χ1v) is 9.10. The van der Waals surface area contributed by atoms with Gasteiger partial charge >= 0.3 is 5.97 Å². The van der Waals surface area contributed by atoms with Crippen molar-refractivity contribution in [2.24, 2.45) is 5.41 Å². The monoisotopic (exact) mass is 454 g/mol. The van der Waals surface area contributed by atoms with Crippen LogP contribution in [0.4, 0.5) is 8.78 Å². The van der Waals surface area contributed by atoms with Crippen LogP contribution in [0.15, 0.2) is 0 Å². The van der Waals surface area contributed by atoms with Crippen LogP contribution >= 0.6 is 22.6 Å². The lowest BCUT2D eigenvalue weighted by Crippen LogP contribution is -2.47. The summed E-state index contributed by atoms with van der Waals surface area (Å²) in [6.07, 6.45) is 1.30. The van der Waals surface area contributed by atoms with Gasteiger partial charge in [0.25, 0.3) is 0 Å². The second-order valence-corrected chi connectivity index (χ2v) is 8.19. The molecule has 24 heavy (non-hydrogen) atoms. The van der Waals surface area contributed by atoms with Gasteiger partial charge in [0.2, 0.25) is 5.92 Å². The molecule has 2 aliphatic carbocycles. The zero-order valence-corrected chi connectivity index (χ0v) is 16.2. The van der Waals surface area contributed by atoms with E-state index in [1.165, 1.54) is 0 Å². The van der Waals surface area contributed by atoms with E-state index in [0.29, 0.717) is 15.0 Å². The molecule has 0 N–H and O–H groups in total. The van der Waals surface area contributed by atoms with Gasteiger partial charge in [0.1, 0.15) is 11.3 Å². The molecule has 2 saturated carbocycles. The molecular formula is C16H21F2IN2O3. The third-order valence-corrected chi connectivity index (χ3v) is 5.81. The van der Waals surface area contributed by atoms with Gasteiger partial charge in [-0.3, -0.25) is 4.68 Å². The van der Waals surface area contributed by atoms with Crippen molar-refractivity contribution in [1.82, 2.24) is 9.78 Å². The highest BCUT2D eigenvalue weighted by Crippen LogP contribution is 2.53. The molecule has 0 aromatic carbocycles. The minimum absolute atomic E-state index is 0.191. The van der Waals surface area contributed by atoms with Gasteiger partial charge in [0, 0.05) is 26.5 Å². The van der Waals surface area contributed by atoms with Crippen LogP contribution in [0.3, 0.4) is 0 Å². The summed E-state index contributed by atoms with van der Waals surface area (Å²) in [6.45, 7) is 4.06. The number of methoxy groups -OCH3 is 1. The average Bonchev–Trinajstić information content (AvgIpc) is 3.17. The molecule has 0 spiro atoms. The molecule has 8 heteroatoms. The maximum Gasteiger partial charge on any atom is 0.357 e. The lowest BCUT2D eigenvalue weighted by molar-refractivity contribution is -0.160. The molecule has 0 amide bonds. The van der Waals surface area contributed by atoms with Crippen LogP contribution in [-0.4, -0.2) is 35.4 Å². The molecule has 0 bridgehead atoms. The second kappa shape index (κ2) is 5.89. The Morgan fingerprint density at radius 3 is 2.46 bits per heavy atom. The first-order valence-electron chi connectivity index (χ1n) is 8.02. The Bertz CT molecular complexity index is 663. The van der Waals surface area contributed by atoms with Crippen LogP contribution in [0, 0.1) is 8.99 Å². The van der Waals surface area contributed by atoms with Crippen molar-refractivity contribution in [1.29, 1.82) is 0 Å². The van der Waals surface area contributed by atoms with Crippen LogP contribution in [0.1, 0.15) is 55.7 Å². The average molecular weight is 454 g/mol. The summed E-state index contributed by atoms with van der Waals surface area (Å²) in [5, 5.41) is 4.57. The van der Waals surface area contributed by atoms with Crippen molar-refractivity contribution in [3.63, 3.8) is 0 Å². The van der Waals surface area contributed by atoms with Crippen molar-refractivity contribution < 1.29 is 23.0 Å². The Morgan fingerprint density at radius 2 is 2.00 bits per heavy atom. The van der Waals surface area contributed by atoms with Gasteiger partial charge in [-0.2, -0.15) is 5.10 Å². The summed E-state index contributed by atoms with van der Waals surface area (Å²) < 4.78 is 39.6. The number of ether oxygens (including phenoxy) is 2. The molecule has 1 aromatic heterocycles. The second-order valence-electron chi connectivity index (χ2n) is 7.11. The summed E-state index contributed by atoms with van der Waals surface area (Å²) >= 11 is 2.08. The predicted molar refractivity (Wildman–Crippen MR) is 91.1 cm³/mol. The number of rotatable bonds is 6. The minimum Gasteiger partial charge on any atom is -0.461 e. The third-order valence-electron chi connectivity index (χ3n) is 4.79. The Kier molecular flexibility index (Phi) is 4.43. The molecule has 134 valence electrons. The predicted octanol–water partition coefficient (Wildman–Crippen LogP) is 3.74. The molecule has 0 radical (unpaired) electrons. The minimum atomic E-state index is -2.62. The topological polar surface area (TPSA) is 53.4 Å². The first-order chi connectivity index (χ1) is 11.2. The Labute approximate surface area is 153 Å². The van der Waals surface area contributed by atoms with Crippen LogP contribution in [-0.2, 0) is 21.6 Å². The maximum atomic E-state index is 13.3. The number of carbonyl (C=O) groups excluding carboxylic acids is 1. The van der Waals surface area contributed by atoms with E-state index in [-0.39, 0.29) is 26.0 Å². The van der Waals surface area contributed by atoms with E-state index in [4.69, 9.17) is 9.47 Å². The largest absolute Gasteiger partial charge is 0.461 e. The molecular weight excluding hydrogens is 433 g/mol. The van der Waals surface area contributed by atoms with Crippen molar-refractivity contribution in [2.45, 2.75) is 57.6 Å². The molecule has 2 fully saturated rings. The normalized spacial score (nSPS) is 22.8. The lowest BCUT2D eigenvalue weighted by Gasteiger charge is -2.44. The van der Waals surface area contributed by atoms with Crippen LogP contribution in [0.25, 0.3) is 0 Å². The number of aromatic nitrogens is 2. The molecule has 0 aliphatic heterocycles. The molecule has 1 aromatic rings. The van der Waals surface area contributed by atoms with E-state index >= 15 is 0 Å². The smallest absolute Gasteiger partial charge is 0.357 e. The molecule has 2 aliphatic rings. The Morgan fingerprint density at radius 1 is 1.38 bits per heavy atom. The standard InChI is InChI=1S/C16H21F2IN2O3/c1-4-24-13(22)11-10(19)12(15(23-3)5-6-15)20-21(11)9-14(2)7-16(17,18)8-14/h4-9H2,1-3H3. The summed E-state index contributed by atoms with van der Waals surface area (Å²) in [6, 6.07) is 0. The van der Waals surface area contributed by atoms with Crippen molar-refractivity contribution in [3.8, 4) is 0 Å². The maximum absolute atomic E-state index is 13.3. The SMILES string of the molecule is CCOC(=O)c1c(I)c(C2(OC)CC2)nn1CC1(C)CC(F)(F)C1. The Balaban J connectivity index is 1.95. The van der Waals surface area contributed by atoms with E-state index in [2.05, 4.69) is 27.7 Å². The fourth-order valence-corrected chi connectivity index (χ4v) is 4.66. The number of carbonyl (C=O) groups is 1. The third kappa shape index (κ3) is 3.07. The quantitative estimate of drug-likeness (QED) is 0.486. The number of alkyl halides is 2. The summed E-state index contributed by atoms with van der Waals surface area (Å²) in [4.78, 5) is 12.4. The highest BCUT2D eigenvalue weighted by atomic mass is 127. The van der Waals surface area contributed by atoms with E-state index in [1.807, 2.05) is 0 Å². The summed E-state index contributed by atoms with van der Waals surface area (Å²) in [7, 11) is 1.62. The molecule has 0 saturated heterocycles. The molecule has 1 heterocycles. The molecule has 3 rings (SSSR count). The fourth-order valence-electron chi connectivity index (χ4n) is 3.56. The van der Waals surface area contributed by atoms with Crippen molar-refractivity contribution in [3.05, 3.63) is 15.0 Å². The summed E-state index contributed by atoms with van der Waals surface area (Å²) in [5.74, 6) is -3.09. The highest BCUT2D eigenvalue weighted by molar-refractivity contribution is 14.1. The zero-order chi connectivity index (χ0) is 17.8. The number of hydrogen-bond donors (Lipinski definition) is 0. The number of nitrogens with zero attached hydrogens (tertiary/aromatic N) is 2. The van der Waals surface area contributed by atoms with Crippen LogP contribution < -0.4 is 0 Å². The van der Waals surface area contributed by atoms with Crippen molar-refractivity contribution >= 4 is 28.6 Å². The van der Waals surface area contributed by atoms with E-state index in [0.717, 1.165) is 12.8 Å².